The number of carbonyl (C=O) groups excluding carboxylic acids is 1. The first-order valence-electron chi connectivity index (χ1n) is 8.14. The van der Waals surface area contributed by atoms with Gasteiger partial charge in [-0.25, -0.2) is 4.39 Å². The molecular weight excluding hydrogens is 293 g/mol. The van der Waals surface area contributed by atoms with Crippen LogP contribution >= 0.6 is 0 Å². The summed E-state index contributed by atoms with van der Waals surface area (Å²) in [6.07, 6.45) is 3.56. The Morgan fingerprint density at radius 3 is 2.96 bits per heavy atom. The summed E-state index contributed by atoms with van der Waals surface area (Å²) < 4.78 is 15.4. The second-order valence-corrected chi connectivity index (χ2v) is 6.16. The molecule has 1 amide bonds. The minimum absolute atomic E-state index is 0.0211. The van der Waals surface area contributed by atoms with E-state index >= 15 is 0 Å². The van der Waals surface area contributed by atoms with Gasteiger partial charge < -0.3 is 4.90 Å². The van der Waals surface area contributed by atoms with Gasteiger partial charge in [0.1, 0.15) is 5.82 Å². The molecular formula is C18H22FN3O. The third-order valence-corrected chi connectivity index (χ3v) is 4.54. The first kappa shape index (κ1) is 15.7. The van der Waals surface area contributed by atoms with E-state index in [0.29, 0.717) is 12.1 Å². The quantitative estimate of drug-likeness (QED) is 0.869. The molecule has 0 spiro atoms. The molecule has 5 heteroatoms. The Labute approximate surface area is 135 Å². The fourth-order valence-electron chi connectivity index (χ4n) is 3.29. The highest BCUT2D eigenvalue weighted by molar-refractivity contribution is 5.95. The van der Waals surface area contributed by atoms with Gasteiger partial charge in [0.25, 0.3) is 5.91 Å². The smallest absolute Gasteiger partial charge is 0.257 e. The second kappa shape index (κ2) is 6.14. The molecule has 0 saturated carbocycles. The summed E-state index contributed by atoms with van der Waals surface area (Å²) in [7, 11) is 0. The van der Waals surface area contributed by atoms with Gasteiger partial charge in [0.15, 0.2) is 0 Å². The van der Waals surface area contributed by atoms with Crippen LogP contribution in [0.1, 0.15) is 53.5 Å². The lowest BCUT2D eigenvalue weighted by Crippen LogP contribution is -2.39. The number of amides is 1. The molecule has 0 radical (unpaired) electrons. The highest BCUT2D eigenvalue weighted by Crippen LogP contribution is 2.31. The van der Waals surface area contributed by atoms with Crippen LogP contribution in [0.2, 0.25) is 0 Å². The number of aryl methyl sites for hydroxylation is 2. The molecule has 1 aliphatic heterocycles. The van der Waals surface area contributed by atoms with Crippen molar-refractivity contribution in [2.45, 2.75) is 46.2 Å². The summed E-state index contributed by atoms with van der Waals surface area (Å²) in [5.41, 5.74) is 3.43. The molecule has 2 aromatic rings. The number of benzene rings is 1. The first-order valence-corrected chi connectivity index (χ1v) is 8.14. The van der Waals surface area contributed by atoms with Crippen molar-refractivity contribution in [3.05, 3.63) is 52.6 Å². The fraction of sp³-hybridized carbons (Fsp3) is 0.444. The van der Waals surface area contributed by atoms with Crippen LogP contribution in [0.4, 0.5) is 4.39 Å². The van der Waals surface area contributed by atoms with Crippen LogP contribution in [-0.4, -0.2) is 27.1 Å². The third kappa shape index (κ3) is 2.87. The lowest BCUT2D eigenvalue weighted by Gasteiger charge is -2.35. The van der Waals surface area contributed by atoms with Gasteiger partial charge in [-0.1, -0.05) is 13.0 Å². The van der Waals surface area contributed by atoms with Gasteiger partial charge in [-0.15, -0.1) is 0 Å². The van der Waals surface area contributed by atoms with Gasteiger partial charge in [0.05, 0.1) is 17.3 Å². The van der Waals surface area contributed by atoms with Crippen molar-refractivity contribution in [2.24, 2.45) is 0 Å². The zero-order valence-corrected chi connectivity index (χ0v) is 13.8. The summed E-state index contributed by atoms with van der Waals surface area (Å²) in [5.74, 6) is -0.274. The summed E-state index contributed by atoms with van der Waals surface area (Å²) in [5, 5.41) is 4.41. The Morgan fingerprint density at radius 2 is 2.22 bits per heavy atom. The van der Waals surface area contributed by atoms with Crippen molar-refractivity contribution < 1.29 is 9.18 Å². The van der Waals surface area contributed by atoms with Gasteiger partial charge in [-0.2, -0.15) is 5.10 Å². The summed E-state index contributed by atoms with van der Waals surface area (Å²) >= 11 is 0. The van der Waals surface area contributed by atoms with Gasteiger partial charge in [0, 0.05) is 19.3 Å². The average molecular weight is 315 g/mol. The maximum Gasteiger partial charge on any atom is 0.257 e. The van der Waals surface area contributed by atoms with Crippen molar-refractivity contribution in [1.82, 2.24) is 14.7 Å². The van der Waals surface area contributed by atoms with Gasteiger partial charge in [-0.05, 0) is 49.9 Å². The SMILES string of the molecule is CCCn1cc(C(=O)N2CCc3ccc(F)cc3C2C)c(C)n1. The predicted molar refractivity (Wildman–Crippen MR) is 86.8 cm³/mol. The second-order valence-electron chi connectivity index (χ2n) is 6.16. The molecule has 4 nitrogen and oxygen atoms in total. The minimum atomic E-state index is -0.253. The summed E-state index contributed by atoms with van der Waals surface area (Å²) in [6.45, 7) is 7.36. The van der Waals surface area contributed by atoms with E-state index in [9.17, 15) is 9.18 Å². The zero-order chi connectivity index (χ0) is 16.6. The molecule has 0 bridgehead atoms. The van der Waals surface area contributed by atoms with E-state index in [1.807, 2.05) is 35.7 Å². The number of aromatic nitrogens is 2. The third-order valence-electron chi connectivity index (χ3n) is 4.54. The molecule has 0 saturated heterocycles. The molecule has 1 aromatic carbocycles. The molecule has 0 aliphatic carbocycles. The van der Waals surface area contributed by atoms with E-state index in [1.54, 1.807) is 6.07 Å². The number of halogens is 1. The molecule has 1 unspecified atom stereocenters. The highest BCUT2D eigenvalue weighted by atomic mass is 19.1. The highest BCUT2D eigenvalue weighted by Gasteiger charge is 2.30. The molecule has 1 aliphatic rings. The van der Waals surface area contributed by atoms with Crippen LogP contribution in [0.25, 0.3) is 0 Å². The standard InChI is InChI=1S/C18H22FN3O/c1-4-8-21-11-17(12(2)20-21)18(23)22-9-7-14-5-6-15(19)10-16(14)13(22)3/h5-6,10-11,13H,4,7-9H2,1-3H3. The number of nitrogens with zero attached hydrogens (tertiary/aromatic N) is 3. The predicted octanol–water partition coefficient (Wildman–Crippen LogP) is 3.50. The van der Waals surface area contributed by atoms with E-state index in [-0.39, 0.29) is 17.8 Å². The van der Waals surface area contributed by atoms with Crippen LogP contribution in [0.5, 0.6) is 0 Å². The van der Waals surface area contributed by atoms with Crippen molar-refractivity contribution in [2.75, 3.05) is 6.54 Å². The zero-order valence-electron chi connectivity index (χ0n) is 13.8. The van der Waals surface area contributed by atoms with Crippen molar-refractivity contribution in [3.8, 4) is 0 Å². The topological polar surface area (TPSA) is 38.1 Å². The van der Waals surface area contributed by atoms with E-state index in [0.717, 1.165) is 36.2 Å². The van der Waals surface area contributed by atoms with Gasteiger partial charge in [0.2, 0.25) is 0 Å². The van der Waals surface area contributed by atoms with Crippen molar-refractivity contribution >= 4 is 5.91 Å². The lowest BCUT2D eigenvalue weighted by molar-refractivity contribution is 0.0676. The number of hydrogen-bond acceptors (Lipinski definition) is 2. The maximum atomic E-state index is 13.6. The molecule has 1 aromatic heterocycles. The Kier molecular flexibility index (Phi) is 4.20. The minimum Gasteiger partial charge on any atom is -0.331 e. The summed E-state index contributed by atoms with van der Waals surface area (Å²) in [4.78, 5) is 14.7. The number of fused-ring (bicyclic) bond motifs is 1. The normalized spacial score (nSPS) is 17.2. The molecule has 122 valence electrons. The molecule has 0 fully saturated rings. The van der Waals surface area contributed by atoms with E-state index < -0.39 is 0 Å². The first-order chi connectivity index (χ1) is 11.0. The number of rotatable bonds is 3. The molecule has 23 heavy (non-hydrogen) atoms. The van der Waals surface area contributed by atoms with E-state index in [4.69, 9.17) is 0 Å². The van der Waals surface area contributed by atoms with Crippen LogP contribution in [-0.2, 0) is 13.0 Å². The Morgan fingerprint density at radius 1 is 1.43 bits per heavy atom. The largest absolute Gasteiger partial charge is 0.331 e. The average Bonchev–Trinajstić information content (AvgIpc) is 2.89. The number of hydrogen-bond donors (Lipinski definition) is 0. The fourth-order valence-corrected chi connectivity index (χ4v) is 3.29. The van der Waals surface area contributed by atoms with Crippen molar-refractivity contribution in [3.63, 3.8) is 0 Å². The summed E-state index contributed by atoms with van der Waals surface area (Å²) in [6, 6.07) is 4.73. The maximum absolute atomic E-state index is 13.6. The molecule has 0 N–H and O–H groups in total. The Hall–Kier alpha value is -2.17. The van der Waals surface area contributed by atoms with Crippen LogP contribution in [0.3, 0.4) is 0 Å². The van der Waals surface area contributed by atoms with Crippen LogP contribution in [0, 0.1) is 12.7 Å². The lowest BCUT2D eigenvalue weighted by atomic mass is 9.93. The molecule has 3 rings (SSSR count). The van der Waals surface area contributed by atoms with E-state index in [2.05, 4.69) is 12.0 Å². The number of carbonyl (C=O) groups is 1. The van der Waals surface area contributed by atoms with Crippen LogP contribution < -0.4 is 0 Å². The monoisotopic (exact) mass is 315 g/mol. The van der Waals surface area contributed by atoms with Crippen LogP contribution in [0.15, 0.2) is 24.4 Å². The molecule has 2 heterocycles. The Bertz CT molecular complexity index is 738. The van der Waals surface area contributed by atoms with Gasteiger partial charge >= 0.3 is 0 Å². The van der Waals surface area contributed by atoms with Crippen molar-refractivity contribution in [1.29, 1.82) is 0 Å². The van der Waals surface area contributed by atoms with Gasteiger partial charge in [-0.3, -0.25) is 9.48 Å². The Balaban J connectivity index is 1.89. The van der Waals surface area contributed by atoms with E-state index in [1.165, 1.54) is 6.07 Å². The molecule has 1 atom stereocenters.